The van der Waals surface area contributed by atoms with Crippen LogP contribution in [0.3, 0.4) is 0 Å². The fourth-order valence-corrected chi connectivity index (χ4v) is 2.55. The van der Waals surface area contributed by atoms with Crippen molar-refractivity contribution in [3.63, 3.8) is 0 Å². The molecule has 1 atom stereocenters. The quantitative estimate of drug-likeness (QED) is 0.677. The van der Waals surface area contributed by atoms with Crippen LogP contribution in [0, 0.1) is 13.8 Å². The molecule has 0 aliphatic heterocycles. The van der Waals surface area contributed by atoms with Crippen molar-refractivity contribution in [2.24, 2.45) is 5.73 Å². The third kappa shape index (κ3) is 3.31. The van der Waals surface area contributed by atoms with Gasteiger partial charge in [-0.05, 0) is 25.0 Å². The van der Waals surface area contributed by atoms with E-state index in [1.807, 2.05) is 19.3 Å². The minimum Gasteiger partial charge on any atom is -0.329 e. The van der Waals surface area contributed by atoms with Crippen LogP contribution in [0.4, 0.5) is 0 Å². The molecular weight excluding hydrogens is 242 g/mol. The first-order valence-electron chi connectivity index (χ1n) is 5.91. The number of aryl methyl sites for hydroxylation is 2. The number of hydrogen-bond acceptors (Lipinski definition) is 4. The molecule has 18 heavy (non-hydrogen) atoms. The summed E-state index contributed by atoms with van der Waals surface area (Å²) in [6.45, 7) is 4.64. The zero-order chi connectivity index (χ0) is 13.0. The number of rotatable bonds is 4. The molecular formula is C14H17N3S. The van der Waals surface area contributed by atoms with Gasteiger partial charge in [0.05, 0.1) is 0 Å². The summed E-state index contributed by atoms with van der Waals surface area (Å²) in [6, 6.07) is 8.42. The molecule has 0 amide bonds. The van der Waals surface area contributed by atoms with Crippen LogP contribution in [0.25, 0.3) is 0 Å². The van der Waals surface area contributed by atoms with Gasteiger partial charge in [0.15, 0.2) is 5.16 Å². The number of hydrogen-bond donors (Lipinski definition) is 1. The van der Waals surface area contributed by atoms with Crippen molar-refractivity contribution in [1.29, 1.82) is 0 Å². The van der Waals surface area contributed by atoms with Crippen molar-refractivity contribution in [1.82, 2.24) is 9.97 Å². The van der Waals surface area contributed by atoms with Crippen molar-refractivity contribution in [3.05, 3.63) is 53.3 Å². The molecule has 0 radical (unpaired) electrons. The Kier molecular flexibility index (Phi) is 4.33. The largest absolute Gasteiger partial charge is 0.329 e. The normalized spacial score (nSPS) is 12.4. The smallest absolute Gasteiger partial charge is 0.188 e. The monoisotopic (exact) mass is 259 g/mol. The third-order valence-corrected chi connectivity index (χ3v) is 3.80. The van der Waals surface area contributed by atoms with E-state index in [-0.39, 0.29) is 5.25 Å². The molecule has 4 heteroatoms. The van der Waals surface area contributed by atoms with Gasteiger partial charge in [0, 0.05) is 24.2 Å². The Balaban J connectivity index is 2.17. The molecule has 2 rings (SSSR count). The molecule has 1 aromatic carbocycles. The van der Waals surface area contributed by atoms with Gasteiger partial charge in [-0.3, -0.25) is 0 Å². The first kappa shape index (κ1) is 13.1. The van der Waals surface area contributed by atoms with Crippen LogP contribution in [0.1, 0.15) is 21.9 Å². The van der Waals surface area contributed by atoms with E-state index in [1.54, 1.807) is 11.8 Å². The fourth-order valence-electron chi connectivity index (χ4n) is 1.69. The Morgan fingerprint density at radius 3 is 2.50 bits per heavy atom. The molecule has 0 aliphatic carbocycles. The van der Waals surface area contributed by atoms with Crippen molar-refractivity contribution in [3.8, 4) is 0 Å². The summed E-state index contributed by atoms with van der Waals surface area (Å²) < 4.78 is 0. The van der Waals surface area contributed by atoms with Gasteiger partial charge in [0.25, 0.3) is 0 Å². The van der Waals surface area contributed by atoms with Crippen molar-refractivity contribution in [2.45, 2.75) is 24.3 Å². The van der Waals surface area contributed by atoms with Crippen molar-refractivity contribution >= 4 is 11.8 Å². The predicted octanol–water partition coefficient (Wildman–Crippen LogP) is 2.89. The molecule has 0 bridgehead atoms. The Morgan fingerprint density at radius 2 is 1.89 bits per heavy atom. The molecule has 94 valence electrons. The molecule has 2 N–H and O–H groups in total. The highest BCUT2D eigenvalue weighted by molar-refractivity contribution is 7.99. The molecule has 1 aromatic heterocycles. The highest BCUT2D eigenvalue weighted by Crippen LogP contribution is 2.32. The van der Waals surface area contributed by atoms with Gasteiger partial charge < -0.3 is 5.73 Å². The third-order valence-electron chi connectivity index (χ3n) is 2.63. The average molecular weight is 259 g/mol. The maximum absolute atomic E-state index is 5.86. The standard InChI is InChI=1S/C14H17N3S/c1-10-4-3-5-12(6-10)13(7-15)18-14-16-8-11(2)9-17-14/h3-6,8-9,13H,7,15H2,1-2H3. The van der Waals surface area contributed by atoms with E-state index >= 15 is 0 Å². The summed E-state index contributed by atoms with van der Waals surface area (Å²) in [5, 5.41) is 0.977. The lowest BCUT2D eigenvalue weighted by atomic mass is 10.1. The summed E-state index contributed by atoms with van der Waals surface area (Å²) in [5.41, 5.74) is 9.40. The molecule has 1 heterocycles. The summed E-state index contributed by atoms with van der Waals surface area (Å²) in [6.07, 6.45) is 3.66. The summed E-state index contributed by atoms with van der Waals surface area (Å²) in [7, 11) is 0. The van der Waals surface area contributed by atoms with E-state index in [0.717, 1.165) is 10.7 Å². The maximum atomic E-state index is 5.86. The highest BCUT2D eigenvalue weighted by atomic mass is 32.2. The van der Waals surface area contributed by atoms with E-state index in [4.69, 9.17) is 5.73 Å². The first-order valence-corrected chi connectivity index (χ1v) is 6.79. The second-order valence-corrected chi connectivity index (χ2v) is 5.47. The minimum atomic E-state index is 0.201. The lowest BCUT2D eigenvalue weighted by Crippen LogP contribution is -2.10. The Morgan fingerprint density at radius 1 is 1.17 bits per heavy atom. The van der Waals surface area contributed by atoms with E-state index < -0.39 is 0 Å². The SMILES string of the molecule is Cc1cnc(SC(CN)c2cccc(C)c2)nc1. The van der Waals surface area contributed by atoms with Gasteiger partial charge in [-0.25, -0.2) is 9.97 Å². The van der Waals surface area contributed by atoms with E-state index in [1.165, 1.54) is 11.1 Å². The van der Waals surface area contributed by atoms with E-state index in [0.29, 0.717) is 6.54 Å². The van der Waals surface area contributed by atoms with Crippen LogP contribution >= 0.6 is 11.8 Å². The Hall–Kier alpha value is -1.39. The molecule has 3 nitrogen and oxygen atoms in total. The van der Waals surface area contributed by atoms with Crippen LogP contribution in [0.15, 0.2) is 41.8 Å². The number of nitrogens with zero attached hydrogens (tertiary/aromatic N) is 2. The van der Waals surface area contributed by atoms with Crippen LogP contribution in [0.2, 0.25) is 0 Å². The van der Waals surface area contributed by atoms with Gasteiger partial charge in [-0.15, -0.1) is 0 Å². The topological polar surface area (TPSA) is 51.8 Å². The molecule has 0 saturated heterocycles. The second kappa shape index (κ2) is 5.98. The zero-order valence-electron chi connectivity index (χ0n) is 10.6. The predicted molar refractivity (Wildman–Crippen MR) is 75.6 cm³/mol. The average Bonchev–Trinajstić information content (AvgIpc) is 2.38. The number of benzene rings is 1. The summed E-state index contributed by atoms with van der Waals surface area (Å²) in [5.74, 6) is 0. The van der Waals surface area contributed by atoms with E-state index in [2.05, 4.69) is 41.2 Å². The Bertz CT molecular complexity index is 511. The molecule has 2 aromatic rings. The Labute approximate surface area is 112 Å². The number of thioether (sulfide) groups is 1. The highest BCUT2D eigenvalue weighted by Gasteiger charge is 2.13. The number of nitrogens with two attached hydrogens (primary N) is 1. The van der Waals surface area contributed by atoms with Gasteiger partial charge in [0.1, 0.15) is 0 Å². The summed E-state index contributed by atoms with van der Waals surface area (Å²) >= 11 is 1.61. The van der Waals surface area contributed by atoms with Gasteiger partial charge in [-0.2, -0.15) is 0 Å². The molecule has 1 unspecified atom stereocenters. The van der Waals surface area contributed by atoms with E-state index in [9.17, 15) is 0 Å². The zero-order valence-corrected chi connectivity index (χ0v) is 11.4. The molecule has 0 spiro atoms. The lowest BCUT2D eigenvalue weighted by Gasteiger charge is -2.14. The van der Waals surface area contributed by atoms with Crippen LogP contribution in [0.5, 0.6) is 0 Å². The molecule has 0 saturated carbocycles. The second-order valence-electron chi connectivity index (χ2n) is 4.30. The van der Waals surface area contributed by atoms with Crippen LogP contribution < -0.4 is 5.73 Å². The van der Waals surface area contributed by atoms with Crippen LogP contribution in [-0.4, -0.2) is 16.5 Å². The molecule has 0 aliphatic rings. The summed E-state index contributed by atoms with van der Waals surface area (Å²) in [4.78, 5) is 8.62. The van der Waals surface area contributed by atoms with Gasteiger partial charge in [-0.1, -0.05) is 41.6 Å². The first-order chi connectivity index (χ1) is 8.69. The van der Waals surface area contributed by atoms with Gasteiger partial charge >= 0.3 is 0 Å². The lowest BCUT2D eigenvalue weighted by molar-refractivity contribution is 0.902. The fraction of sp³-hybridized carbons (Fsp3) is 0.286. The minimum absolute atomic E-state index is 0.201. The molecule has 0 fully saturated rings. The number of aromatic nitrogens is 2. The van der Waals surface area contributed by atoms with Crippen molar-refractivity contribution in [2.75, 3.05) is 6.54 Å². The van der Waals surface area contributed by atoms with Gasteiger partial charge in [0.2, 0.25) is 0 Å². The van der Waals surface area contributed by atoms with Crippen LogP contribution in [-0.2, 0) is 0 Å². The maximum Gasteiger partial charge on any atom is 0.188 e. The van der Waals surface area contributed by atoms with Crippen molar-refractivity contribution < 1.29 is 0 Å².